The normalized spacial score (nSPS) is 11.6. The highest BCUT2D eigenvalue weighted by atomic mass is 32.1. The van der Waals surface area contributed by atoms with Gasteiger partial charge < -0.3 is 15.2 Å². The van der Waals surface area contributed by atoms with Gasteiger partial charge in [0, 0.05) is 28.2 Å². The lowest BCUT2D eigenvalue weighted by Gasteiger charge is -2.10. The number of pyridine rings is 3. The summed E-state index contributed by atoms with van der Waals surface area (Å²) in [6.07, 6.45) is 6.87. The number of H-pyrrole nitrogens is 2. The van der Waals surface area contributed by atoms with E-state index in [2.05, 4.69) is 54.5 Å². The second-order valence-electron chi connectivity index (χ2n) is 8.99. The van der Waals surface area contributed by atoms with Crippen molar-refractivity contribution >= 4 is 44.9 Å². The third-order valence-corrected chi connectivity index (χ3v) is 6.83. The number of nitrogens with zero attached hydrogens (tertiary/aromatic N) is 6. The molecule has 3 N–H and O–H groups in total. The average molecular weight is 510 g/mol. The van der Waals surface area contributed by atoms with Crippen LogP contribution in [-0.4, -0.2) is 66.6 Å². The number of aromatic amines is 2. The summed E-state index contributed by atoms with van der Waals surface area (Å²) < 4.78 is 0. The van der Waals surface area contributed by atoms with Gasteiger partial charge in [0.25, 0.3) is 0 Å². The van der Waals surface area contributed by atoms with E-state index in [4.69, 9.17) is 4.98 Å². The summed E-state index contributed by atoms with van der Waals surface area (Å²) >= 11 is 1.69. The Morgan fingerprint density at radius 1 is 1.05 bits per heavy atom. The van der Waals surface area contributed by atoms with Crippen LogP contribution in [0.5, 0.6) is 0 Å². The molecule has 0 unspecified atom stereocenters. The lowest BCUT2D eigenvalue weighted by molar-refractivity contribution is -0.116. The first-order valence-corrected chi connectivity index (χ1v) is 12.4. The molecule has 0 aliphatic heterocycles. The number of hydrogen-bond acceptors (Lipinski definition) is 8. The number of carbonyl (C=O) groups excluding carboxylic acids is 1. The van der Waals surface area contributed by atoms with E-state index >= 15 is 0 Å². The second-order valence-corrected chi connectivity index (χ2v) is 10.3. The predicted molar refractivity (Wildman–Crippen MR) is 145 cm³/mol. The van der Waals surface area contributed by atoms with Crippen LogP contribution in [0, 0.1) is 6.92 Å². The molecule has 0 spiro atoms. The van der Waals surface area contributed by atoms with Crippen molar-refractivity contribution in [3.63, 3.8) is 0 Å². The van der Waals surface area contributed by atoms with Gasteiger partial charge in [0.1, 0.15) is 16.9 Å². The number of thiophene rings is 1. The quantitative estimate of drug-likeness (QED) is 0.302. The Labute approximate surface area is 215 Å². The number of hydrogen-bond donors (Lipinski definition) is 3. The van der Waals surface area contributed by atoms with E-state index in [1.54, 1.807) is 41.0 Å². The SMILES string of the molecule is Cc1ccc(-c2nccc3[nH]c(-c4n[nH]c5cnc(-c6cncc(NC(=O)CN(C)C)c6)cc45)nc23)s1. The number of nitrogens with one attached hydrogen (secondary N) is 3. The molecule has 0 aliphatic rings. The minimum Gasteiger partial charge on any atom is -0.336 e. The summed E-state index contributed by atoms with van der Waals surface area (Å²) in [6, 6.07) is 9.88. The topological polar surface area (TPSA) is 128 Å². The molecule has 0 saturated heterocycles. The van der Waals surface area contributed by atoms with Gasteiger partial charge in [0.2, 0.25) is 5.91 Å². The molecular formula is C26H23N9OS. The fourth-order valence-corrected chi connectivity index (χ4v) is 5.05. The van der Waals surface area contributed by atoms with Crippen LogP contribution >= 0.6 is 11.3 Å². The highest BCUT2D eigenvalue weighted by Crippen LogP contribution is 2.34. The number of aromatic nitrogens is 7. The summed E-state index contributed by atoms with van der Waals surface area (Å²) in [5.41, 5.74) is 6.11. The zero-order chi connectivity index (χ0) is 25.5. The van der Waals surface area contributed by atoms with Crippen molar-refractivity contribution in [3.8, 4) is 33.3 Å². The summed E-state index contributed by atoms with van der Waals surface area (Å²) in [4.78, 5) is 38.0. The van der Waals surface area contributed by atoms with Gasteiger partial charge in [-0.1, -0.05) is 0 Å². The maximum absolute atomic E-state index is 12.2. The van der Waals surface area contributed by atoms with Crippen molar-refractivity contribution < 1.29 is 4.79 Å². The molecule has 0 fully saturated rings. The smallest absolute Gasteiger partial charge is 0.238 e. The largest absolute Gasteiger partial charge is 0.336 e. The molecule has 11 heteroatoms. The zero-order valence-electron chi connectivity index (χ0n) is 20.4. The Morgan fingerprint density at radius 2 is 1.95 bits per heavy atom. The molecule has 0 aliphatic carbocycles. The molecule has 6 aromatic rings. The lowest BCUT2D eigenvalue weighted by atomic mass is 10.1. The predicted octanol–water partition coefficient (Wildman–Crippen LogP) is 4.50. The van der Waals surface area contributed by atoms with Crippen molar-refractivity contribution in [3.05, 3.63) is 60.0 Å². The third kappa shape index (κ3) is 4.46. The number of aryl methyl sites for hydroxylation is 1. The molecule has 6 heterocycles. The van der Waals surface area contributed by atoms with Gasteiger partial charge in [-0.3, -0.25) is 24.8 Å². The molecule has 1 amide bonds. The maximum atomic E-state index is 12.2. The van der Waals surface area contributed by atoms with Crippen LogP contribution in [-0.2, 0) is 4.79 Å². The van der Waals surface area contributed by atoms with Crippen molar-refractivity contribution in [1.29, 1.82) is 0 Å². The molecule has 37 heavy (non-hydrogen) atoms. The van der Waals surface area contributed by atoms with Gasteiger partial charge >= 0.3 is 0 Å². The van der Waals surface area contributed by atoms with Crippen LogP contribution in [0.25, 0.3) is 55.3 Å². The molecule has 0 atom stereocenters. The van der Waals surface area contributed by atoms with E-state index in [1.807, 2.05) is 32.3 Å². The van der Waals surface area contributed by atoms with E-state index in [-0.39, 0.29) is 12.5 Å². The van der Waals surface area contributed by atoms with Gasteiger partial charge in [-0.15, -0.1) is 11.3 Å². The Morgan fingerprint density at radius 3 is 2.76 bits per heavy atom. The highest BCUT2D eigenvalue weighted by molar-refractivity contribution is 7.15. The van der Waals surface area contributed by atoms with Gasteiger partial charge in [0.15, 0.2) is 5.82 Å². The van der Waals surface area contributed by atoms with E-state index in [1.165, 1.54) is 4.88 Å². The Hall–Kier alpha value is -4.48. The molecule has 0 saturated carbocycles. The number of fused-ring (bicyclic) bond motifs is 2. The molecule has 0 radical (unpaired) electrons. The van der Waals surface area contributed by atoms with Crippen LogP contribution in [0.2, 0.25) is 0 Å². The number of likely N-dealkylation sites (N-methyl/N-ethyl adjacent to an activating group) is 1. The summed E-state index contributed by atoms with van der Waals surface area (Å²) in [7, 11) is 3.69. The van der Waals surface area contributed by atoms with Gasteiger partial charge in [-0.05, 0) is 51.4 Å². The number of carbonyl (C=O) groups is 1. The first-order valence-electron chi connectivity index (χ1n) is 11.6. The first kappa shape index (κ1) is 23.0. The van der Waals surface area contributed by atoms with Gasteiger partial charge in [0.05, 0.1) is 46.2 Å². The van der Waals surface area contributed by atoms with Gasteiger partial charge in [-0.2, -0.15) is 5.10 Å². The van der Waals surface area contributed by atoms with Crippen LogP contribution < -0.4 is 5.32 Å². The minimum atomic E-state index is -0.110. The monoisotopic (exact) mass is 509 g/mol. The fourth-order valence-electron chi connectivity index (χ4n) is 4.18. The standard InChI is InChI=1S/C26H23N9OS/c1-14-4-5-21(37-14)25-24-18(6-7-28-25)31-26(32-24)23-17-9-19(29-12-20(17)33-34-23)15-8-16(11-27-10-15)30-22(36)13-35(2)3/h4-12H,13H2,1-3H3,(H,30,36)(H,31,32)(H,33,34). The van der Waals surface area contributed by atoms with E-state index in [0.717, 1.165) is 38.1 Å². The summed E-state index contributed by atoms with van der Waals surface area (Å²) in [5, 5.41) is 11.3. The number of anilines is 1. The van der Waals surface area contributed by atoms with E-state index in [0.29, 0.717) is 22.9 Å². The highest BCUT2D eigenvalue weighted by Gasteiger charge is 2.17. The molecule has 6 rings (SSSR count). The van der Waals surface area contributed by atoms with Crippen LogP contribution in [0.3, 0.4) is 0 Å². The van der Waals surface area contributed by atoms with Crippen LogP contribution in [0.1, 0.15) is 4.88 Å². The Bertz CT molecular complexity index is 1760. The molecule has 10 nitrogen and oxygen atoms in total. The van der Waals surface area contributed by atoms with Crippen molar-refractivity contribution in [1.82, 2.24) is 40.0 Å². The lowest BCUT2D eigenvalue weighted by Crippen LogP contribution is -2.27. The molecular weight excluding hydrogens is 486 g/mol. The first-order chi connectivity index (χ1) is 17.9. The summed E-state index contributed by atoms with van der Waals surface area (Å²) in [5.74, 6) is 0.532. The molecule has 6 aromatic heterocycles. The number of rotatable bonds is 6. The van der Waals surface area contributed by atoms with Crippen molar-refractivity contribution in [2.75, 3.05) is 26.0 Å². The summed E-state index contributed by atoms with van der Waals surface area (Å²) in [6.45, 7) is 2.36. The average Bonchev–Trinajstić information content (AvgIpc) is 3.60. The Balaban J connectivity index is 1.38. The van der Waals surface area contributed by atoms with Crippen molar-refractivity contribution in [2.24, 2.45) is 0 Å². The van der Waals surface area contributed by atoms with E-state index in [9.17, 15) is 4.79 Å². The van der Waals surface area contributed by atoms with Crippen molar-refractivity contribution in [2.45, 2.75) is 6.92 Å². The number of amides is 1. The zero-order valence-corrected chi connectivity index (χ0v) is 21.2. The number of imidazole rings is 1. The van der Waals surface area contributed by atoms with Gasteiger partial charge in [-0.25, -0.2) is 4.98 Å². The molecule has 184 valence electrons. The fraction of sp³-hybridized carbons (Fsp3) is 0.154. The minimum absolute atomic E-state index is 0.110. The Kier molecular flexibility index (Phi) is 5.70. The maximum Gasteiger partial charge on any atom is 0.238 e. The second kappa shape index (κ2) is 9.19. The van der Waals surface area contributed by atoms with Crippen LogP contribution in [0.15, 0.2) is 55.1 Å². The molecule has 0 bridgehead atoms. The molecule has 0 aromatic carbocycles. The van der Waals surface area contributed by atoms with Crippen LogP contribution in [0.4, 0.5) is 5.69 Å². The van der Waals surface area contributed by atoms with E-state index < -0.39 is 0 Å². The third-order valence-electron chi connectivity index (χ3n) is 5.82.